The fraction of sp³-hybridized carbons (Fsp3) is 0.286. The number of aromatic amines is 1. The summed E-state index contributed by atoms with van der Waals surface area (Å²) < 4.78 is 24.3. The number of hydrogen-bond acceptors (Lipinski definition) is 7. The standard InChI is InChI=1S/C21H24N4O4S/c1-4-10-28-20-17(26-2)11-15(12-18(20)27-3)13-22-25-19(23-24-21(25)30)14-29-16-8-6-5-7-9-16/h5-9,11-13H,4,10,14H2,1-3H3,(H,24,30)/b22-13-. The molecule has 2 aromatic carbocycles. The smallest absolute Gasteiger partial charge is 0.216 e. The Kier molecular flexibility index (Phi) is 7.45. The Morgan fingerprint density at radius 2 is 1.80 bits per heavy atom. The van der Waals surface area contributed by atoms with Crippen molar-refractivity contribution in [2.45, 2.75) is 20.0 Å². The van der Waals surface area contributed by atoms with Crippen LogP contribution < -0.4 is 18.9 Å². The van der Waals surface area contributed by atoms with E-state index in [2.05, 4.69) is 15.3 Å². The predicted octanol–water partition coefficient (Wildman–Crippen LogP) is 4.21. The molecule has 30 heavy (non-hydrogen) atoms. The number of nitrogens with zero attached hydrogens (tertiary/aromatic N) is 3. The molecule has 158 valence electrons. The van der Waals surface area contributed by atoms with Crippen LogP contribution in [-0.4, -0.2) is 41.9 Å². The van der Waals surface area contributed by atoms with Crippen LogP contribution in [0.3, 0.4) is 0 Å². The van der Waals surface area contributed by atoms with Crippen molar-refractivity contribution in [2.75, 3.05) is 20.8 Å². The lowest BCUT2D eigenvalue weighted by atomic mass is 10.2. The first kappa shape index (κ1) is 21.4. The van der Waals surface area contributed by atoms with Crippen molar-refractivity contribution in [1.82, 2.24) is 14.9 Å². The summed E-state index contributed by atoms with van der Waals surface area (Å²) in [7, 11) is 3.17. The molecule has 1 heterocycles. The molecule has 3 aromatic rings. The topological polar surface area (TPSA) is 82.9 Å². The second-order valence-electron chi connectivity index (χ2n) is 6.21. The molecule has 8 nitrogen and oxygen atoms in total. The summed E-state index contributed by atoms with van der Waals surface area (Å²) in [5.74, 6) is 2.97. The zero-order valence-electron chi connectivity index (χ0n) is 17.1. The molecular formula is C21H24N4O4S. The van der Waals surface area contributed by atoms with Crippen LogP contribution in [0.1, 0.15) is 24.7 Å². The predicted molar refractivity (Wildman–Crippen MR) is 117 cm³/mol. The number of ether oxygens (including phenoxy) is 4. The molecule has 0 atom stereocenters. The van der Waals surface area contributed by atoms with Crippen molar-refractivity contribution in [3.63, 3.8) is 0 Å². The van der Waals surface area contributed by atoms with Crippen molar-refractivity contribution in [2.24, 2.45) is 5.10 Å². The van der Waals surface area contributed by atoms with Crippen LogP contribution in [0, 0.1) is 4.77 Å². The Labute approximate surface area is 180 Å². The van der Waals surface area contributed by atoms with E-state index in [1.807, 2.05) is 49.4 Å². The van der Waals surface area contributed by atoms with Gasteiger partial charge in [-0.1, -0.05) is 25.1 Å². The van der Waals surface area contributed by atoms with Crippen LogP contribution in [0.15, 0.2) is 47.6 Å². The molecule has 1 N–H and O–H groups in total. The van der Waals surface area contributed by atoms with Gasteiger partial charge in [0.15, 0.2) is 17.3 Å². The van der Waals surface area contributed by atoms with E-state index in [1.165, 1.54) is 4.68 Å². The van der Waals surface area contributed by atoms with Gasteiger partial charge in [-0.3, -0.25) is 0 Å². The summed E-state index contributed by atoms with van der Waals surface area (Å²) in [6, 6.07) is 13.1. The molecule has 0 amide bonds. The average Bonchev–Trinajstić information content (AvgIpc) is 3.14. The lowest BCUT2D eigenvalue weighted by Gasteiger charge is -2.14. The number of H-pyrrole nitrogens is 1. The normalized spacial score (nSPS) is 10.9. The van der Waals surface area contributed by atoms with E-state index in [4.69, 9.17) is 31.2 Å². The molecule has 0 saturated carbocycles. The van der Waals surface area contributed by atoms with Gasteiger partial charge in [0.1, 0.15) is 12.4 Å². The van der Waals surface area contributed by atoms with Gasteiger partial charge in [-0.2, -0.15) is 14.9 Å². The zero-order chi connectivity index (χ0) is 21.3. The number of nitrogens with one attached hydrogen (secondary N) is 1. The maximum absolute atomic E-state index is 5.77. The minimum atomic E-state index is 0.213. The molecule has 0 aliphatic carbocycles. The number of rotatable bonds is 10. The number of benzene rings is 2. The van der Waals surface area contributed by atoms with E-state index >= 15 is 0 Å². The highest BCUT2D eigenvalue weighted by Gasteiger charge is 2.14. The first-order valence-corrected chi connectivity index (χ1v) is 9.84. The van der Waals surface area contributed by atoms with Crippen molar-refractivity contribution in [3.8, 4) is 23.0 Å². The van der Waals surface area contributed by atoms with E-state index in [9.17, 15) is 0 Å². The van der Waals surface area contributed by atoms with Crippen LogP contribution >= 0.6 is 12.2 Å². The van der Waals surface area contributed by atoms with E-state index in [-0.39, 0.29) is 6.61 Å². The van der Waals surface area contributed by atoms with Gasteiger partial charge in [0, 0.05) is 5.56 Å². The fourth-order valence-corrected chi connectivity index (χ4v) is 2.85. The van der Waals surface area contributed by atoms with Crippen LogP contribution in [0.4, 0.5) is 0 Å². The molecule has 0 radical (unpaired) electrons. The van der Waals surface area contributed by atoms with Crippen LogP contribution in [0.2, 0.25) is 0 Å². The molecule has 0 bridgehead atoms. The van der Waals surface area contributed by atoms with Crippen molar-refractivity contribution in [3.05, 3.63) is 58.6 Å². The molecule has 1 aromatic heterocycles. The summed E-state index contributed by atoms with van der Waals surface area (Å²) in [4.78, 5) is 0. The van der Waals surface area contributed by atoms with E-state index in [1.54, 1.807) is 20.4 Å². The van der Waals surface area contributed by atoms with Crippen LogP contribution in [-0.2, 0) is 6.61 Å². The van der Waals surface area contributed by atoms with Gasteiger partial charge in [-0.05, 0) is 42.9 Å². The Hall–Kier alpha value is -3.33. The Morgan fingerprint density at radius 1 is 1.10 bits per heavy atom. The van der Waals surface area contributed by atoms with Crippen molar-refractivity contribution in [1.29, 1.82) is 0 Å². The average molecular weight is 429 g/mol. The third kappa shape index (κ3) is 5.18. The molecular weight excluding hydrogens is 404 g/mol. The minimum Gasteiger partial charge on any atom is -0.493 e. The van der Waals surface area contributed by atoms with E-state index < -0.39 is 0 Å². The van der Waals surface area contributed by atoms with Crippen LogP contribution in [0.5, 0.6) is 23.0 Å². The zero-order valence-corrected chi connectivity index (χ0v) is 17.9. The molecule has 0 spiro atoms. The van der Waals surface area contributed by atoms with Gasteiger partial charge in [-0.15, -0.1) is 0 Å². The first-order valence-electron chi connectivity index (χ1n) is 9.43. The molecule has 0 saturated heterocycles. The fourth-order valence-electron chi connectivity index (χ4n) is 2.65. The van der Waals surface area contributed by atoms with E-state index in [0.717, 1.165) is 17.7 Å². The maximum Gasteiger partial charge on any atom is 0.216 e. The lowest BCUT2D eigenvalue weighted by molar-refractivity contribution is 0.275. The second kappa shape index (κ2) is 10.4. The lowest BCUT2D eigenvalue weighted by Crippen LogP contribution is -2.04. The Balaban J connectivity index is 1.83. The third-order valence-corrected chi connectivity index (χ3v) is 4.35. The summed E-state index contributed by atoms with van der Waals surface area (Å²) in [6.45, 7) is 2.81. The van der Waals surface area contributed by atoms with Gasteiger partial charge >= 0.3 is 0 Å². The van der Waals surface area contributed by atoms with Gasteiger partial charge < -0.3 is 18.9 Å². The quantitative estimate of drug-likeness (QED) is 0.385. The summed E-state index contributed by atoms with van der Waals surface area (Å²) in [5.41, 5.74) is 0.755. The summed E-state index contributed by atoms with van der Waals surface area (Å²) >= 11 is 5.29. The molecule has 0 aliphatic rings. The molecule has 3 rings (SSSR count). The molecule has 0 unspecified atom stereocenters. The van der Waals surface area contributed by atoms with Crippen LogP contribution in [0.25, 0.3) is 0 Å². The molecule has 0 fully saturated rings. The number of hydrogen-bond donors (Lipinski definition) is 1. The van der Waals surface area contributed by atoms with Gasteiger partial charge in [0.25, 0.3) is 0 Å². The monoisotopic (exact) mass is 428 g/mol. The highest BCUT2D eigenvalue weighted by atomic mass is 32.1. The molecule has 9 heteroatoms. The summed E-state index contributed by atoms with van der Waals surface area (Å²) in [5, 5.41) is 11.4. The number of para-hydroxylation sites is 1. The maximum atomic E-state index is 5.77. The van der Waals surface area contributed by atoms with Gasteiger partial charge in [0.2, 0.25) is 10.5 Å². The highest BCUT2D eigenvalue weighted by Crippen LogP contribution is 2.38. The number of aromatic nitrogens is 3. The summed E-state index contributed by atoms with van der Waals surface area (Å²) in [6.07, 6.45) is 2.52. The van der Waals surface area contributed by atoms with Gasteiger partial charge in [-0.25, -0.2) is 5.10 Å². The Bertz CT molecular complexity index is 1020. The minimum absolute atomic E-state index is 0.213. The largest absolute Gasteiger partial charge is 0.493 e. The molecule has 0 aliphatic heterocycles. The highest BCUT2D eigenvalue weighted by molar-refractivity contribution is 7.71. The van der Waals surface area contributed by atoms with E-state index in [0.29, 0.717) is 34.5 Å². The third-order valence-electron chi connectivity index (χ3n) is 4.08. The van der Waals surface area contributed by atoms with Crippen molar-refractivity contribution >= 4 is 18.4 Å². The first-order chi connectivity index (χ1) is 14.7. The second-order valence-corrected chi connectivity index (χ2v) is 6.59. The van der Waals surface area contributed by atoms with Gasteiger partial charge in [0.05, 0.1) is 27.0 Å². The SMILES string of the molecule is CCCOc1c(OC)cc(/C=N\n2c(COc3ccccc3)n[nH]c2=S)cc1OC. The van der Waals surface area contributed by atoms with Crippen molar-refractivity contribution < 1.29 is 18.9 Å². The number of methoxy groups -OCH3 is 2. The Morgan fingerprint density at radius 3 is 2.43 bits per heavy atom.